The lowest BCUT2D eigenvalue weighted by Crippen LogP contribution is -2.54. The standard InChI is InChI=1S/C25H31F2N3O3/c1-16(2)23(29-24(31)22-19(26)8-6-9-20(22)27)25(32)28-18-11-13-30(14-12-18)15-17-7-4-5-10-21(17)33-3/h4-10,16,18,23H,11-15H2,1-3H3,(H,28,32)(H,29,31). The van der Waals surface area contributed by atoms with E-state index in [1.165, 1.54) is 6.07 Å². The number of para-hydroxylation sites is 1. The van der Waals surface area contributed by atoms with Crippen molar-refractivity contribution in [3.63, 3.8) is 0 Å². The minimum absolute atomic E-state index is 0.0326. The third-order valence-corrected chi connectivity index (χ3v) is 5.95. The van der Waals surface area contributed by atoms with Crippen molar-refractivity contribution in [2.75, 3.05) is 20.2 Å². The molecule has 0 aliphatic carbocycles. The molecule has 33 heavy (non-hydrogen) atoms. The van der Waals surface area contributed by atoms with E-state index in [0.29, 0.717) is 0 Å². The zero-order valence-corrected chi connectivity index (χ0v) is 19.2. The quantitative estimate of drug-likeness (QED) is 0.634. The zero-order chi connectivity index (χ0) is 24.0. The van der Waals surface area contributed by atoms with Crippen LogP contribution in [0.4, 0.5) is 8.78 Å². The van der Waals surface area contributed by atoms with Crippen LogP contribution >= 0.6 is 0 Å². The van der Waals surface area contributed by atoms with Crippen molar-refractivity contribution in [3.05, 3.63) is 65.2 Å². The van der Waals surface area contributed by atoms with Gasteiger partial charge in [0.2, 0.25) is 5.91 Å². The highest BCUT2D eigenvalue weighted by Gasteiger charge is 2.30. The Morgan fingerprint density at radius 3 is 2.30 bits per heavy atom. The number of benzene rings is 2. The van der Waals surface area contributed by atoms with Crippen molar-refractivity contribution in [1.29, 1.82) is 0 Å². The smallest absolute Gasteiger partial charge is 0.257 e. The van der Waals surface area contributed by atoms with E-state index in [2.05, 4.69) is 15.5 Å². The number of nitrogens with one attached hydrogen (secondary N) is 2. The molecule has 1 aliphatic rings. The molecule has 1 unspecified atom stereocenters. The fourth-order valence-corrected chi connectivity index (χ4v) is 4.06. The van der Waals surface area contributed by atoms with Gasteiger partial charge in [-0.3, -0.25) is 14.5 Å². The molecule has 0 radical (unpaired) electrons. The first-order valence-corrected chi connectivity index (χ1v) is 11.2. The van der Waals surface area contributed by atoms with Gasteiger partial charge in [0.25, 0.3) is 5.91 Å². The molecule has 2 aromatic rings. The summed E-state index contributed by atoms with van der Waals surface area (Å²) in [5.41, 5.74) is 0.436. The highest BCUT2D eigenvalue weighted by Crippen LogP contribution is 2.22. The SMILES string of the molecule is COc1ccccc1CN1CCC(NC(=O)C(NC(=O)c2c(F)cccc2F)C(C)C)CC1. The summed E-state index contributed by atoms with van der Waals surface area (Å²) in [6, 6.07) is 10.2. The van der Waals surface area contributed by atoms with Gasteiger partial charge in [-0.2, -0.15) is 0 Å². The Morgan fingerprint density at radius 1 is 1.06 bits per heavy atom. The molecule has 0 spiro atoms. The van der Waals surface area contributed by atoms with Gasteiger partial charge in [-0.15, -0.1) is 0 Å². The van der Waals surface area contributed by atoms with Crippen molar-refractivity contribution in [3.8, 4) is 5.75 Å². The van der Waals surface area contributed by atoms with E-state index in [-0.39, 0.29) is 17.9 Å². The molecule has 2 amide bonds. The summed E-state index contributed by atoms with van der Waals surface area (Å²) in [6.07, 6.45) is 1.53. The third kappa shape index (κ3) is 6.28. The summed E-state index contributed by atoms with van der Waals surface area (Å²) in [6.45, 7) is 5.93. The molecule has 1 heterocycles. The lowest BCUT2D eigenvalue weighted by Gasteiger charge is -2.33. The second-order valence-corrected chi connectivity index (χ2v) is 8.66. The molecule has 1 saturated heterocycles. The Morgan fingerprint density at radius 2 is 1.70 bits per heavy atom. The van der Waals surface area contributed by atoms with E-state index in [0.717, 1.165) is 55.9 Å². The van der Waals surface area contributed by atoms with Crippen LogP contribution in [-0.2, 0) is 11.3 Å². The first-order chi connectivity index (χ1) is 15.8. The number of ether oxygens (including phenoxy) is 1. The van der Waals surface area contributed by atoms with Crippen molar-refractivity contribution in [1.82, 2.24) is 15.5 Å². The van der Waals surface area contributed by atoms with E-state index < -0.39 is 29.1 Å². The van der Waals surface area contributed by atoms with Gasteiger partial charge in [0.05, 0.1) is 7.11 Å². The van der Waals surface area contributed by atoms with Crippen molar-refractivity contribution in [2.45, 2.75) is 45.3 Å². The van der Waals surface area contributed by atoms with Crippen LogP contribution < -0.4 is 15.4 Å². The predicted molar refractivity (Wildman–Crippen MR) is 122 cm³/mol. The maximum Gasteiger partial charge on any atom is 0.257 e. The number of rotatable bonds is 8. The molecule has 1 aliphatic heterocycles. The first-order valence-electron chi connectivity index (χ1n) is 11.2. The van der Waals surface area contributed by atoms with Crippen LogP contribution in [0.15, 0.2) is 42.5 Å². The van der Waals surface area contributed by atoms with Crippen LogP contribution in [0.1, 0.15) is 42.6 Å². The van der Waals surface area contributed by atoms with Crippen LogP contribution in [0.2, 0.25) is 0 Å². The second kappa shape index (κ2) is 11.2. The summed E-state index contributed by atoms with van der Waals surface area (Å²) in [7, 11) is 1.66. The van der Waals surface area contributed by atoms with E-state index in [9.17, 15) is 18.4 Å². The van der Waals surface area contributed by atoms with Crippen molar-refractivity contribution in [2.24, 2.45) is 5.92 Å². The molecule has 0 bridgehead atoms. The number of hydrogen-bond acceptors (Lipinski definition) is 4. The Balaban J connectivity index is 1.55. The van der Waals surface area contributed by atoms with E-state index >= 15 is 0 Å². The van der Waals surface area contributed by atoms with Gasteiger partial charge in [0.15, 0.2) is 0 Å². The van der Waals surface area contributed by atoms with E-state index in [1.807, 2.05) is 24.3 Å². The molecule has 2 N–H and O–H groups in total. The van der Waals surface area contributed by atoms with Gasteiger partial charge in [-0.05, 0) is 37.0 Å². The van der Waals surface area contributed by atoms with Crippen LogP contribution in [-0.4, -0.2) is 49.0 Å². The number of hydrogen-bond donors (Lipinski definition) is 2. The molecule has 2 aromatic carbocycles. The lowest BCUT2D eigenvalue weighted by atomic mass is 9.99. The molecule has 0 aromatic heterocycles. The van der Waals surface area contributed by atoms with Gasteiger partial charge in [-0.1, -0.05) is 38.1 Å². The molecule has 1 atom stereocenters. The molecular formula is C25H31F2N3O3. The summed E-state index contributed by atoms with van der Waals surface area (Å²) < 4.78 is 33.3. The molecule has 8 heteroatoms. The molecule has 178 valence electrons. The normalized spacial score (nSPS) is 15.8. The molecule has 6 nitrogen and oxygen atoms in total. The first kappa shape index (κ1) is 24.6. The van der Waals surface area contributed by atoms with Gasteiger partial charge < -0.3 is 15.4 Å². The van der Waals surface area contributed by atoms with Crippen molar-refractivity contribution >= 4 is 11.8 Å². The minimum Gasteiger partial charge on any atom is -0.496 e. The minimum atomic E-state index is -0.960. The van der Waals surface area contributed by atoms with Gasteiger partial charge in [0, 0.05) is 31.2 Å². The van der Waals surface area contributed by atoms with Gasteiger partial charge in [0.1, 0.15) is 29.0 Å². The lowest BCUT2D eigenvalue weighted by molar-refractivity contribution is -0.125. The number of amides is 2. The zero-order valence-electron chi connectivity index (χ0n) is 19.2. The second-order valence-electron chi connectivity index (χ2n) is 8.66. The summed E-state index contributed by atoms with van der Waals surface area (Å²) in [5, 5.41) is 5.50. The molecule has 1 fully saturated rings. The average Bonchev–Trinajstić information content (AvgIpc) is 2.78. The maximum atomic E-state index is 14.0. The fourth-order valence-electron chi connectivity index (χ4n) is 4.06. The molecule has 3 rings (SSSR count). The number of methoxy groups -OCH3 is 1. The molecule has 0 saturated carbocycles. The molecular weight excluding hydrogens is 428 g/mol. The number of likely N-dealkylation sites (tertiary alicyclic amines) is 1. The number of nitrogens with zero attached hydrogens (tertiary/aromatic N) is 1. The van der Waals surface area contributed by atoms with Crippen LogP contribution in [0.3, 0.4) is 0 Å². The highest BCUT2D eigenvalue weighted by molar-refractivity contribution is 5.98. The monoisotopic (exact) mass is 459 g/mol. The Bertz CT molecular complexity index is 955. The maximum absolute atomic E-state index is 14.0. The van der Waals surface area contributed by atoms with Gasteiger partial charge in [-0.25, -0.2) is 8.78 Å². The predicted octanol–water partition coefficient (Wildman–Crippen LogP) is 3.51. The van der Waals surface area contributed by atoms with E-state index in [1.54, 1.807) is 21.0 Å². The third-order valence-electron chi connectivity index (χ3n) is 5.95. The summed E-state index contributed by atoms with van der Waals surface area (Å²) >= 11 is 0. The largest absolute Gasteiger partial charge is 0.496 e. The van der Waals surface area contributed by atoms with Crippen LogP contribution in [0.25, 0.3) is 0 Å². The number of carbonyl (C=O) groups excluding carboxylic acids is 2. The number of piperidine rings is 1. The van der Waals surface area contributed by atoms with Crippen molar-refractivity contribution < 1.29 is 23.1 Å². The van der Waals surface area contributed by atoms with Gasteiger partial charge >= 0.3 is 0 Å². The van der Waals surface area contributed by atoms with Crippen LogP contribution in [0.5, 0.6) is 5.75 Å². The number of carbonyl (C=O) groups is 2. The fraction of sp³-hybridized carbons (Fsp3) is 0.440. The Labute approximate surface area is 193 Å². The van der Waals surface area contributed by atoms with E-state index in [4.69, 9.17) is 4.74 Å². The summed E-state index contributed by atoms with van der Waals surface area (Å²) in [5.74, 6) is -2.61. The average molecular weight is 460 g/mol. The highest BCUT2D eigenvalue weighted by atomic mass is 19.1. The Kier molecular flexibility index (Phi) is 8.38. The van der Waals surface area contributed by atoms with Crippen LogP contribution in [0, 0.1) is 17.6 Å². The topological polar surface area (TPSA) is 70.7 Å². The Hall–Kier alpha value is -3.00. The number of halogens is 2. The summed E-state index contributed by atoms with van der Waals surface area (Å²) in [4.78, 5) is 27.7.